The summed E-state index contributed by atoms with van der Waals surface area (Å²) in [5.41, 5.74) is 6.38. The van der Waals surface area contributed by atoms with Gasteiger partial charge in [-0.05, 0) is 42.3 Å². The second-order valence-electron chi connectivity index (χ2n) is 6.24. The Morgan fingerprint density at radius 2 is 1.42 bits per heavy atom. The average Bonchev–Trinajstić information content (AvgIpc) is 3.07. The Hall–Kier alpha value is -3.53. The average molecular weight is 342 g/mol. The molecule has 0 fully saturated rings. The number of nitrogens with zero attached hydrogens (tertiary/aromatic N) is 1. The van der Waals surface area contributed by atoms with Gasteiger partial charge in [0.05, 0.1) is 5.69 Å². The number of aromatic amines is 1. The van der Waals surface area contributed by atoms with Crippen LogP contribution < -0.4 is 0 Å². The zero-order chi connectivity index (χ0) is 18.1. The van der Waals surface area contributed by atoms with E-state index in [4.69, 9.17) is 0 Å². The molecule has 0 atom stereocenters. The van der Waals surface area contributed by atoms with Crippen molar-refractivity contribution in [1.29, 1.82) is 0 Å². The molecule has 0 unspecified atom stereocenters. The Bertz CT molecular complexity index is 1020. The molecule has 1 aromatic heterocycles. The first kappa shape index (κ1) is 16.0. The highest BCUT2D eigenvalue weighted by atomic mass is 16.3. The van der Waals surface area contributed by atoms with E-state index >= 15 is 0 Å². The molecule has 0 saturated carbocycles. The van der Waals surface area contributed by atoms with E-state index < -0.39 is 0 Å². The van der Waals surface area contributed by atoms with Crippen LogP contribution in [0.2, 0.25) is 0 Å². The summed E-state index contributed by atoms with van der Waals surface area (Å²) in [6, 6.07) is 22.3. The SMILES string of the molecule is Cc1ccccc1-c1c(-c2cccc(O)c2)n[nH]c1-c1cccc(O)c1. The highest BCUT2D eigenvalue weighted by Gasteiger charge is 2.19. The summed E-state index contributed by atoms with van der Waals surface area (Å²) in [6.45, 7) is 2.06. The van der Waals surface area contributed by atoms with Crippen molar-refractivity contribution in [2.45, 2.75) is 6.92 Å². The molecule has 4 aromatic rings. The monoisotopic (exact) mass is 342 g/mol. The van der Waals surface area contributed by atoms with Gasteiger partial charge in [0.15, 0.2) is 0 Å². The summed E-state index contributed by atoms with van der Waals surface area (Å²) >= 11 is 0. The topological polar surface area (TPSA) is 69.1 Å². The molecule has 26 heavy (non-hydrogen) atoms. The molecule has 0 bridgehead atoms. The van der Waals surface area contributed by atoms with Crippen LogP contribution in [0.15, 0.2) is 72.8 Å². The first-order valence-electron chi connectivity index (χ1n) is 8.36. The van der Waals surface area contributed by atoms with Crippen LogP contribution in [0.3, 0.4) is 0 Å². The third kappa shape index (κ3) is 2.82. The van der Waals surface area contributed by atoms with E-state index in [1.165, 1.54) is 0 Å². The number of aromatic nitrogens is 2. The van der Waals surface area contributed by atoms with Crippen LogP contribution >= 0.6 is 0 Å². The van der Waals surface area contributed by atoms with Crippen molar-refractivity contribution >= 4 is 0 Å². The number of nitrogens with one attached hydrogen (secondary N) is 1. The lowest BCUT2D eigenvalue weighted by Gasteiger charge is -2.10. The lowest BCUT2D eigenvalue weighted by molar-refractivity contribution is 0.475. The standard InChI is InChI=1S/C22H18N2O2/c1-14-6-2-3-11-19(14)20-21(15-7-4-9-17(25)12-15)23-24-22(20)16-8-5-10-18(26)13-16/h2-13,25-26H,1H3,(H,23,24). The predicted molar refractivity (Wildman–Crippen MR) is 103 cm³/mol. The molecule has 4 nitrogen and oxygen atoms in total. The fourth-order valence-electron chi connectivity index (χ4n) is 3.19. The number of phenolic OH excluding ortho intramolecular Hbond substituents is 2. The van der Waals surface area contributed by atoms with Gasteiger partial charge in [-0.1, -0.05) is 48.5 Å². The van der Waals surface area contributed by atoms with Crippen LogP contribution in [-0.4, -0.2) is 20.4 Å². The quantitative estimate of drug-likeness (QED) is 0.483. The molecule has 4 rings (SSSR count). The van der Waals surface area contributed by atoms with Crippen molar-refractivity contribution < 1.29 is 10.2 Å². The number of hydrogen-bond acceptors (Lipinski definition) is 3. The summed E-state index contributed by atoms with van der Waals surface area (Å²) in [4.78, 5) is 0. The van der Waals surface area contributed by atoms with Crippen molar-refractivity contribution in [3.63, 3.8) is 0 Å². The van der Waals surface area contributed by atoms with Gasteiger partial charge < -0.3 is 10.2 Å². The summed E-state index contributed by atoms with van der Waals surface area (Å²) in [6.07, 6.45) is 0. The molecule has 0 aliphatic heterocycles. The molecule has 0 spiro atoms. The minimum absolute atomic E-state index is 0.195. The van der Waals surface area contributed by atoms with Gasteiger partial charge in [-0.15, -0.1) is 0 Å². The lowest BCUT2D eigenvalue weighted by Crippen LogP contribution is -1.88. The largest absolute Gasteiger partial charge is 0.508 e. The van der Waals surface area contributed by atoms with Crippen LogP contribution in [0.4, 0.5) is 0 Å². The predicted octanol–water partition coefficient (Wildman–Crippen LogP) is 5.13. The fourth-order valence-corrected chi connectivity index (χ4v) is 3.19. The van der Waals surface area contributed by atoms with Crippen molar-refractivity contribution in [3.8, 4) is 45.1 Å². The summed E-state index contributed by atoms with van der Waals surface area (Å²) in [7, 11) is 0. The Morgan fingerprint density at radius 3 is 2.12 bits per heavy atom. The number of benzene rings is 3. The van der Waals surface area contributed by atoms with Gasteiger partial charge in [-0.25, -0.2) is 0 Å². The molecule has 3 aromatic carbocycles. The number of aromatic hydroxyl groups is 2. The van der Waals surface area contributed by atoms with Gasteiger partial charge in [0.1, 0.15) is 17.2 Å². The van der Waals surface area contributed by atoms with Crippen LogP contribution in [0.25, 0.3) is 33.6 Å². The molecule has 0 amide bonds. The molecular formula is C22H18N2O2. The van der Waals surface area contributed by atoms with E-state index in [1.54, 1.807) is 36.4 Å². The molecule has 4 heteroatoms. The van der Waals surface area contributed by atoms with E-state index in [0.717, 1.165) is 39.2 Å². The Kier molecular flexibility index (Phi) is 3.93. The molecule has 1 heterocycles. The van der Waals surface area contributed by atoms with Gasteiger partial charge in [-0.2, -0.15) is 5.10 Å². The Balaban J connectivity index is 2.01. The molecule has 0 aliphatic rings. The maximum absolute atomic E-state index is 9.88. The van der Waals surface area contributed by atoms with Gasteiger partial charge in [-0.3, -0.25) is 5.10 Å². The first-order chi connectivity index (χ1) is 12.6. The zero-order valence-corrected chi connectivity index (χ0v) is 14.3. The third-order valence-corrected chi connectivity index (χ3v) is 4.44. The second kappa shape index (κ2) is 6.41. The molecular weight excluding hydrogens is 324 g/mol. The third-order valence-electron chi connectivity index (χ3n) is 4.44. The minimum atomic E-state index is 0.195. The maximum atomic E-state index is 9.88. The van der Waals surface area contributed by atoms with E-state index in [9.17, 15) is 10.2 Å². The molecule has 128 valence electrons. The molecule has 0 radical (unpaired) electrons. The number of phenols is 2. The van der Waals surface area contributed by atoms with E-state index in [2.05, 4.69) is 29.3 Å². The fraction of sp³-hybridized carbons (Fsp3) is 0.0455. The van der Waals surface area contributed by atoms with E-state index in [1.807, 2.05) is 24.3 Å². The van der Waals surface area contributed by atoms with Crippen LogP contribution in [0, 0.1) is 6.92 Å². The number of H-pyrrole nitrogens is 1. The maximum Gasteiger partial charge on any atom is 0.116 e. The first-order valence-corrected chi connectivity index (χ1v) is 8.36. The summed E-state index contributed by atoms with van der Waals surface area (Å²) < 4.78 is 0. The van der Waals surface area contributed by atoms with E-state index in [-0.39, 0.29) is 11.5 Å². The van der Waals surface area contributed by atoms with Crippen LogP contribution in [0.1, 0.15) is 5.56 Å². The van der Waals surface area contributed by atoms with Crippen molar-refractivity contribution in [2.75, 3.05) is 0 Å². The second-order valence-corrected chi connectivity index (χ2v) is 6.24. The van der Waals surface area contributed by atoms with Gasteiger partial charge in [0.2, 0.25) is 0 Å². The van der Waals surface area contributed by atoms with Crippen molar-refractivity contribution in [1.82, 2.24) is 10.2 Å². The van der Waals surface area contributed by atoms with E-state index in [0.29, 0.717) is 0 Å². The Morgan fingerprint density at radius 1 is 0.769 bits per heavy atom. The van der Waals surface area contributed by atoms with Crippen molar-refractivity contribution in [2.24, 2.45) is 0 Å². The van der Waals surface area contributed by atoms with Crippen LogP contribution in [-0.2, 0) is 0 Å². The molecule has 0 saturated heterocycles. The smallest absolute Gasteiger partial charge is 0.116 e. The summed E-state index contributed by atoms with van der Waals surface area (Å²) in [5.74, 6) is 0.395. The normalized spacial score (nSPS) is 10.8. The Labute approximate surface area is 151 Å². The van der Waals surface area contributed by atoms with Gasteiger partial charge in [0, 0.05) is 16.7 Å². The molecule has 0 aliphatic carbocycles. The van der Waals surface area contributed by atoms with Gasteiger partial charge in [0.25, 0.3) is 0 Å². The molecule has 3 N–H and O–H groups in total. The summed E-state index contributed by atoms with van der Waals surface area (Å²) in [5, 5.41) is 27.4. The van der Waals surface area contributed by atoms with Crippen molar-refractivity contribution in [3.05, 3.63) is 78.4 Å². The highest BCUT2D eigenvalue weighted by Crippen LogP contribution is 2.40. The highest BCUT2D eigenvalue weighted by molar-refractivity contribution is 5.92. The number of hydrogen-bond donors (Lipinski definition) is 3. The lowest BCUT2D eigenvalue weighted by atomic mass is 9.93. The van der Waals surface area contributed by atoms with Crippen LogP contribution in [0.5, 0.6) is 11.5 Å². The van der Waals surface area contributed by atoms with Gasteiger partial charge >= 0.3 is 0 Å². The zero-order valence-electron chi connectivity index (χ0n) is 14.3. The number of rotatable bonds is 3. The minimum Gasteiger partial charge on any atom is -0.508 e. The number of aryl methyl sites for hydroxylation is 1.